The van der Waals surface area contributed by atoms with Gasteiger partial charge in [-0.1, -0.05) is 24.3 Å². The number of amides is 3. The van der Waals surface area contributed by atoms with Crippen molar-refractivity contribution in [1.29, 1.82) is 0 Å². The Bertz CT molecular complexity index is 812. The quantitative estimate of drug-likeness (QED) is 0.715. The largest absolute Gasteiger partial charge is 0.370 e. The second-order valence-corrected chi connectivity index (χ2v) is 7.34. The van der Waals surface area contributed by atoms with Crippen LogP contribution in [0.15, 0.2) is 48.5 Å². The van der Waals surface area contributed by atoms with E-state index in [9.17, 15) is 9.59 Å². The zero-order valence-electron chi connectivity index (χ0n) is 16.5. The van der Waals surface area contributed by atoms with Crippen LogP contribution in [0.5, 0.6) is 0 Å². The van der Waals surface area contributed by atoms with Crippen LogP contribution in [0.2, 0.25) is 0 Å². The topological polar surface area (TPSA) is 73.5 Å². The molecule has 0 aromatic heterocycles. The molecule has 28 heavy (non-hydrogen) atoms. The van der Waals surface area contributed by atoms with Crippen LogP contribution in [0.25, 0.3) is 0 Å². The molecule has 6 heteroatoms. The van der Waals surface area contributed by atoms with Gasteiger partial charge >= 0.3 is 6.03 Å². The lowest BCUT2D eigenvalue weighted by atomic mass is 10.1. The number of carbonyl (C=O) groups is 2. The van der Waals surface area contributed by atoms with Crippen molar-refractivity contribution in [1.82, 2.24) is 10.6 Å². The van der Waals surface area contributed by atoms with E-state index in [1.807, 2.05) is 44.2 Å². The first-order valence-corrected chi connectivity index (χ1v) is 9.81. The number of benzene rings is 2. The number of rotatable bonds is 6. The summed E-state index contributed by atoms with van der Waals surface area (Å²) in [6.07, 6.45) is 2.37. The summed E-state index contributed by atoms with van der Waals surface area (Å²) in [5.74, 6) is -0.135. The second-order valence-electron chi connectivity index (χ2n) is 7.34. The molecule has 0 radical (unpaired) electrons. The van der Waals surface area contributed by atoms with Gasteiger partial charge in [0.15, 0.2) is 0 Å². The molecule has 1 aliphatic heterocycles. The van der Waals surface area contributed by atoms with E-state index in [4.69, 9.17) is 0 Å². The predicted molar refractivity (Wildman–Crippen MR) is 113 cm³/mol. The third kappa shape index (κ3) is 5.25. The Morgan fingerprint density at radius 1 is 1.00 bits per heavy atom. The fraction of sp³-hybridized carbons (Fsp3) is 0.364. The zero-order chi connectivity index (χ0) is 19.9. The lowest BCUT2D eigenvalue weighted by Gasteiger charge is -2.21. The summed E-state index contributed by atoms with van der Waals surface area (Å²) in [5.41, 5.74) is 3.44. The first-order chi connectivity index (χ1) is 13.5. The molecule has 1 saturated heterocycles. The van der Waals surface area contributed by atoms with Crippen LogP contribution < -0.4 is 20.9 Å². The van der Waals surface area contributed by atoms with Crippen molar-refractivity contribution in [2.75, 3.05) is 23.3 Å². The molecule has 1 fully saturated rings. The maximum absolute atomic E-state index is 12.7. The molecule has 3 amide bonds. The highest BCUT2D eigenvalue weighted by atomic mass is 16.2. The summed E-state index contributed by atoms with van der Waals surface area (Å²) in [7, 11) is 0. The number of hydrogen-bond acceptors (Lipinski definition) is 3. The third-order valence-corrected chi connectivity index (χ3v) is 4.69. The molecule has 1 heterocycles. The molecule has 2 aromatic rings. The van der Waals surface area contributed by atoms with Crippen LogP contribution in [0.1, 0.15) is 42.6 Å². The summed E-state index contributed by atoms with van der Waals surface area (Å²) >= 11 is 0. The molecule has 0 unspecified atom stereocenters. The van der Waals surface area contributed by atoms with Crippen molar-refractivity contribution in [2.45, 2.75) is 39.3 Å². The monoisotopic (exact) mass is 380 g/mol. The van der Waals surface area contributed by atoms with E-state index in [1.54, 1.807) is 12.1 Å². The zero-order valence-corrected chi connectivity index (χ0v) is 16.5. The maximum atomic E-state index is 12.7. The van der Waals surface area contributed by atoms with Gasteiger partial charge in [-0.15, -0.1) is 0 Å². The minimum Gasteiger partial charge on any atom is -0.370 e. The van der Waals surface area contributed by atoms with Gasteiger partial charge in [0.2, 0.25) is 0 Å². The Kier molecular flexibility index (Phi) is 6.53. The van der Waals surface area contributed by atoms with Gasteiger partial charge in [0.1, 0.15) is 0 Å². The minimum absolute atomic E-state index is 0.0921. The van der Waals surface area contributed by atoms with Gasteiger partial charge < -0.3 is 20.9 Å². The van der Waals surface area contributed by atoms with Crippen LogP contribution >= 0.6 is 0 Å². The number of anilines is 2. The fourth-order valence-electron chi connectivity index (χ4n) is 3.28. The number of nitrogens with one attached hydrogen (secondary N) is 3. The van der Waals surface area contributed by atoms with Gasteiger partial charge in [0.25, 0.3) is 5.91 Å². The molecule has 6 nitrogen and oxygen atoms in total. The van der Waals surface area contributed by atoms with E-state index in [1.165, 1.54) is 12.8 Å². The average Bonchev–Trinajstić information content (AvgIpc) is 3.21. The first-order valence-electron chi connectivity index (χ1n) is 9.81. The van der Waals surface area contributed by atoms with Crippen molar-refractivity contribution in [3.05, 3.63) is 59.7 Å². The van der Waals surface area contributed by atoms with Gasteiger partial charge in [-0.2, -0.15) is 0 Å². The molecule has 3 N–H and O–H groups in total. The number of nitrogens with zero attached hydrogens (tertiary/aromatic N) is 1. The maximum Gasteiger partial charge on any atom is 0.315 e. The Morgan fingerprint density at radius 2 is 1.68 bits per heavy atom. The predicted octanol–water partition coefficient (Wildman–Crippen LogP) is 3.75. The van der Waals surface area contributed by atoms with Crippen LogP contribution in [-0.4, -0.2) is 31.1 Å². The van der Waals surface area contributed by atoms with Gasteiger partial charge in [-0.25, -0.2) is 4.79 Å². The van der Waals surface area contributed by atoms with Crippen molar-refractivity contribution >= 4 is 23.3 Å². The van der Waals surface area contributed by atoms with E-state index >= 15 is 0 Å². The summed E-state index contributed by atoms with van der Waals surface area (Å²) < 4.78 is 0. The Labute approximate surface area is 166 Å². The van der Waals surface area contributed by atoms with Crippen LogP contribution in [-0.2, 0) is 6.54 Å². The Balaban J connectivity index is 1.60. The summed E-state index contributed by atoms with van der Waals surface area (Å²) in [4.78, 5) is 26.6. The molecule has 0 bridgehead atoms. The highest BCUT2D eigenvalue weighted by Crippen LogP contribution is 2.29. The molecular weight excluding hydrogens is 352 g/mol. The summed E-state index contributed by atoms with van der Waals surface area (Å²) in [5, 5.41) is 8.62. The molecule has 0 saturated carbocycles. The molecular formula is C22H28N4O2. The molecule has 3 rings (SSSR count). The number of hydrogen-bond donors (Lipinski definition) is 3. The Morgan fingerprint density at radius 3 is 2.36 bits per heavy atom. The lowest BCUT2D eigenvalue weighted by Crippen LogP contribution is -2.39. The van der Waals surface area contributed by atoms with E-state index in [2.05, 4.69) is 26.9 Å². The summed E-state index contributed by atoms with van der Waals surface area (Å²) in [6.45, 7) is 6.29. The van der Waals surface area contributed by atoms with Crippen molar-refractivity contribution in [3.8, 4) is 0 Å². The van der Waals surface area contributed by atoms with E-state index in [0.717, 1.165) is 30.0 Å². The van der Waals surface area contributed by atoms with Crippen LogP contribution in [0.4, 0.5) is 16.2 Å². The number of urea groups is 1. The Hall–Kier alpha value is -3.02. The van der Waals surface area contributed by atoms with Crippen LogP contribution in [0.3, 0.4) is 0 Å². The molecule has 0 aliphatic carbocycles. The first kappa shape index (κ1) is 19.7. The van der Waals surface area contributed by atoms with E-state index < -0.39 is 0 Å². The van der Waals surface area contributed by atoms with Crippen molar-refractivity contribution in [3.63, 3.8) is 0 Å². The minimum atomic E-state index is -0.199. The number of carbonyl (C=O) groups excluding carboxylic acids is 2. The standard InChI is InChI=1S/C22H28N4O2/c1-16(2)24-22(28)23-15-17-9-11-18(12-10-17)21(27)25-19-7-3-4-8-20(19)26-13-5-6-14-26/h3-4,7-12,16H,5-6,13-15H2,1-2H3,(H,25,27)(H2,23,24,28). The van der Waals surface area contributed by atoms with Crippen molar-refractivity contribution in [2.24, 2.45) is 0 Å². The molecule has 0 atom stereocenters. The van der Waals surface area contributed by atoms with Gasteiger partial charge in [-0.05, 0) is 56.5 Å². The van der Waals surface area contributed by atoms with E-state index in [0.29, 0.717) is 12.1 Å². The fourth-order valence-corrected chi connectivity index (χ4v) is 3.28. The third-order valence-electron chi connectivity index (χ3n) is 4.69. The van der Waals surface area contributed by atoms with E-state index in [-0.39, 0.29) is 18.0 Å². The number of para-hydroxylation sites is 2. The summed E-state index contributed by atoms with van der Waals surface area (Å²) in [6, 6.07) is 15.1. The molecule has 1 aliphatic rings. The normalized spacial score (nSPS) is 13.5. The van der Waals surface area contributed by atoms with Gasteiger partial charge in [0, 0.05) is 31.2 Å². The van der Waals surface area contributed by atoms with Gasteiger partial charge in [-0.3, -0.25) is 4.79 Å². The smallest absolute Gasteiger partial charge is 0.315 e. The lowest BCUT2D eigenvalue weighted by molar-refractivity contribution is 0.102. The van der Waals surface area contributed by atoms with Gasteiger partial charge in [0.05, 0.1) is 11.4 Å². The molecule has 148 valence electrons. The SMILES string of the molecule is CC(C)NC(=O)NCc1ccc(C(=O)Nc2ccccc2N2CCCC2)cc1. The highest BCUT2D eigenvalue weighted by molar-refractivity contribution is 6.06. The molecule has 2 aromatic carbocycles. The van der Waals surface area contributed by atoms with Crippen molar-refractivity contribution < 1.29 is 9.59 Å². The second kappa shape index (κ2) is 9.26. The average molecular weight is 380 g/mol. The van der Waals surface area contributed by atoms with Crippen LogP contribution in [0, 0.1) is 0 Å². The molecule has 0 spiro atoms. The highest BCUT2D eigenvalue weighted by Gasteiger charge is 2.17.